The minimum atomic E-state index is -3.56. The van der Waals surface area contributed by atoms with Crippen molar-refractivity contribution >= 4 is 44.8 Å². The van der Waals surface area contributed by atoms with Crippen LogP contribution in [-0.4, -0.2) is 88.7 Å². The zero-order valence-electron chi connectivity index (χ0n) is 26.2. The summed E-state index contributed by atoms with van der Waals surface area (Å²) in [6, 6.07) is 9.65. The predicted octanol–water partition coefficient (Wildman–Crippen LogP) is 4.29. The van der Waals surface area contributed by atoms with Gasteiger partial charge in [-0.3, -0.25) is 14.5 Å². The zero-order valence-corrected chi connectivity index (χ0v) is 27.0. The molecule has 1 saturated heterocycles. The summed E-state index contributed by atoms with van der Waals surface area (Å²) in [5, 5.41) is 15.0. The van der Waals surface area contributed by atoms with Gasteiger partial charge in [-0.25, -0.2) is 13.4 Å². The molecule has 45 heavy (non-hydrogen) atoms. The molecule has 0 radical (unpaired) electrons. The van der Waals surface area contributed by atoms with E-state index in [4.69, 9.17) is 4.74 Å². The summed E-state index contributed by atoms with van der Waals surface area (Å²) in [5.41, 5.74) is 2.06. The second kappa shape index (κ2) is 13.1. The maximum absolute atomic E-state index is 13.6. The number of aromatic nitrogens is 2. The summed E-state index contributed by atoms with van der Waals surface area (Å²) >= 11 is 0. The van der Waals surface area contributed by atoms with Crippen LogP contribution in [0.5, 0.6) is 5.75 Å². The topological polar surface area (TPSA) is 154 Å². The van der Waals surface area contributed by atoms with Crippen molar-refractivity contribution in [2.24, 2.45) is 0 Å². The van der Waals surface area contributed by atoms with Crippen LogP contribution in [0.4, 0.5) is 23.1 Å². The number of nitrogens with zero attached hydrogens (tertiary/aromatic N) is 4. The number of anilines is 4. The number of likely N-dealkylation sites (tertiary alicyclic amines) is 1. The molecule has 3 N–H and O–H groups in total. The van der Waals surface area contributed by atoms with Crippen molar-refractivity contribution in [3.05, 3.63) is 59.3 Å². The van der Waals surface area contributed by atoms with Gasteiger partial charge in [0.1, 0.15) is 11.6 Å². The summed E-state index contributed by atoms with van der Waals surface area (Å²) in [7, 11) is -3.56. The number of piperidine rings is 1. The highest BCUT2D eigenvalue weighted by molar-refractivity contribution is 7.92. The number of carbonyl (C=O) groups is 2. The number of benzene rings is 2. The van der Waals surface area contributed by atoms with Crippen LogP contribution >= 0.6 is 0 Å². The smallest absolute Gasteiger partial charge is 0.261 e. The third-order valence-electron chi connectivity index (χ3n) is 8.00. The van der Waals surface area contributed by atoms with Gasteiger partial charge < -0.3 is 25.4 Å². The summed E-state index contributed by atoms with van der Waals surface area (Å²) in [5.74, 6) is 0.257. The lowest BCUT2D eigenvalue weighted by Crippen LogP contribution is -2.47. The lowest BCUT2D eigenvalue weighted by Gasteiger charge is -2.35. The third kappa shape index (κ3) is 6.65. The van der Waals surface area contributed by atoms with Crippen molar-refractivity contribution in [2.45, 2.75) is 69.8 Å². The normalized spacial score (nSPS) is 16.0. The number of rotatable bonds is 11. The molecule has 12 nitrogen and oxygen atoms in total. The number of sulfone groups is 1. The number of aliphatic hydroxyl groups is 1. The van der Waals surface area contributed by atoms with Crippen LogP contribution in [0.1, 0.15) is 66.8 Å². The first-order valence-corrected chi connectivity index (χ1v) is 16.7. The highest BCUT2D eigenvalue weighted by Gasteiger charge is 2.42. The Kier molecular flexibility index (Phi) is 9.42. The van der Waals surface area contributed by atoms with Crippen LogP contribution < -0.4 is 15.4 Å². The maximum Gasteiger partial charge on any atom is 0.261 e. The van der Waals surface area contributed by atoms with Gasteiger partial charge in [0.05, 0.1) is 45.4 Å². The van der Waals surface area contributed by atoms with E-state index in [0.29, 0.717) is 61.0 Å². The van der Waals surface area contributed by atoms with Gasteiger partial charge in [-0.1, -0.05) is 12.1 Å². The van der Waals surface area contributed by atoms with Crippen LogP contribution in [-0.2, 0) is 9.84 Å². The van der Waals surface area contributed by atoms with E-state index in [1.54, 1.807) is 56.4 Å². The number of para-hydroxylation sites is 1. The highest BCUT2D eigenvalue weighted by Crippen LogP contribution is 2.38. The standard InChI is InChI=1S/C32H40N6O6S/c1-19(2)44-27-17-24-23(30(40)38(31(24)41)22-10-12-37(13-11-22)14-15-39)16-26(27)35-32-33-18-21(5)29(36-32)34-25-8-6-7-9-28(25)45(42,43)20(3)4/h6-9,16-20,22,39H,10-15H2,1-5H3,(H2,33,34,35,36). The molecule has 2 aliphatic heterocycles. The molecule has 1 aromatic heterocycles. The Balaban J connectivity index is 1.44. The molecule has 3 heterocycles. The van der Waals surface area contributed by atoms with E-state index in [-0.39, 0.29) is 52.5 Å². The van der Waals surface area contributed by atoms with E-state index in [2.05, 4.69) is 25.5 Å². The molecule has 3 aromatic rings. The Labute approximate surface area is 263 Å². The lowest BCUT2D eigenvalue weighted by molar-refractivity contribution is 0.0490. The summed E-state index contributed by atoms with van der Waals surface area (Å²) in [6.45, 7) is 10.8. The molecule has 1 fully saturated rings. The number of fused-ring (bicyclic) bond motifs is 1. The lowest BCUT2D eigenvalue weighted by atomic mass is 10.0. The number of β-amino-alcohol motifs (C(OH)–C–C–N with tert-alkyl or cyclic N) is 1. The predicted molar refractivity (Wildman–Crippen MR) is 171 cm³/mol. The van der Waals surface area contributed by atoms with E-state index in [0.717, 1.165) is 0 Å². The van der Waals surface area contributed by atoms with Crippen LogP contribution in [0.25, 0.3) is 0 Å². The van der Waals surface area contributed by atoms with Gasteiger partial charge in [-0.05, 0) is 71.7 Å². The molecule has 2 aliphatic rings. The number of nitrogens with one attached hydrogen (secondary N) is 2. The minimum Gasteiger partial charge on any atom is -0.489 e. The fraction of sp³-hybridized carbons (Fsp3) is 0.438. The van der Waals surface area contributed by atoms with E-state index in [9.17, 15) is 23.1 Å². The molecule has 0 bridgehead atoms. The first-order valence-electron chi connectivity index (χ1n) is 15.2. The third-order valence-corrected chi connectivity index (χ3v) is 10.2. The van der Waals surface area contributed by atoms with Crippen LogP contribution in [0, 0.1) is 6.92 Å². The second-order valence-corrected chi connectivity index (χ2v) is 14.4. The number of carbonyl (C=O) groups excluding carboxylic acids is 2. The quantitative estimate of drug-likeness (QED) is 0.258. The number of hydrogen-bond donors (Lipinski definition) is 3. The van der Waals surface area contributed by atoms with Gasteiger partial charge in [-0.2, -0.15) is 4.98 Å². The largest absolute Gasteiger partial charge is 0.489 e. The van der Waals surface area contributed by atoms with Gasteiger partial charge in [0.25, 0.3) is 11.8 Å². The van der Waals surface area contributed by atoms with Gasteiger partial charge in [0.15, 0.2) is 9.84 Å². The Morgan fingerprint density at radius 3 is 2.31 bits per heavy atom. The number of hydrogen-bond acceptors (Lipinski definition) is 11. The van der Waals surface area contributed by atoms with Crippen molar-refractivity contribution < 1.29 is 27.9 Å². The molecule has 5 rings (SSSR count). The first kappa shape index (κ1) is 32.3. The van der Waals surface area contributed by atoms with Crippen molar-refractivity contribution in [2.75, 3.05) is 36.9 Å². The molecular weight excluding hydrogens is 596 g/mol. The van der Waals surface area contributed by atoms with Gasteiger partial charge >= 0.3 is 0 Å². The molecule has 0 saturated carbocycles. The summed E-state index contributed by atoms with van der Waals surface area (Å²) in [6.07, 6.45) is 2.66. The molecule has 240 valence electrons. The average molecular weight is 637 g/mol. The van der Waals surface area contributed by atoms with E-state index in [1.165, 1.54) is 4.90 Å². The van der Waals surface area contributed by atoms with Gasteiger partial charge in [-0.15, -0.1) is 0 Å². The van der Waals surface area contributed by atoms with E-state index in [1.807, 2.05) is 20.8 Å². The van der Waals surface area contributed by atoms with E-state index < -0.39 is 15.1 Å². The SMILES string of the molecule is Cc1cnc(Nc2cc3c(cc2OC(C)C)C(=O)N(C2CCN(CCO)CC2)C3=O)nc1Nc1ccccc1S(=O)(=O)C(C)C. The average Bonchev–Trinajstić information content (AvgIpc) is 3.23. The van der Waals surface area contributed by atoms with Crippen molar-refractivity contribution in [1.29, 1.82) is 0 Å². The number of imide groups is 1. The Morgan fingerprint density at radius 1 is 1.00 bits per heavy atom. The van der Waals surface area contributed by atoms with Crippen molar-refractivity contribution in [3.8, 4) is 5.75 Å². The number of aryl methyl sites for hydroxylation is 1. The fourth-order valence-corrected chi connectivity index (χ4v) is 6.76. The molecule has 0 spiro atoms. The maximum atomic E-state index is 13.6. The molecule has 0 aliphatic carbocycles. The zero-order chi connectivity index (χ0) is 32.5. The summed E-state index contributed by atoms with van der Waals surface area (Å²) in [4.78, 5) is 39.8. The number of amides is 2. The summed E-state index contributed by atoms with van der Waals surface area (Å²) < 4.78 is 32.1. The van der Waals surface area contributed by atoms with Gasteiger partial charge in [0.2, 0.25) is 5.95 Å². The Morgan fingerprint density at radius 2 is 1.67 bits per heavy atom. The molecular formula is C32H40N6O6S. The van der Waals surface area contributed by atoms with Crippen molar-refractivity contribution in [1.82, 2.24) is 19.8 Å². The molecule has 0 unspecified atom stereocenters. The first-order chi connectivity index (χ1) is 21.4. The number of aliphatic hydroxyl groups excluding tert-OH is 1. The Bertz CT molecular complexity index is 1700. The minimum absolute atomic E-state index is 0.0711. The molecule has 0 atom stereocenters. The van der Waals surface area contributed by atoms with Gasteiger partial charge in [0, 0.05) is 37.4 Å². The molecule has 13 heteroatoms. The monoisotopic (exact) mass is 636 g/mol. The van der Waals surface area contributed by atoms with E-state index >= 15 is 0 Å². The fourth-order valence-electron chi connectivity index (χ4n) is 5.56. The molecule has 2 amide bonds. The Hall–Kier alpha value is -4.07. The molecule has 2 aromatic carbocycles. The second-order valence-electron chi connectivity index (χ2n) is 11.9. The van der Waals surface area contributed by atoms with Crippen LogP contribution in [0.2, 0.25) is 0 Å². The van der Waals surface area contributed by atoms with Crippen LogP contribution in [0.3, 0.4) is 0 Å². The van der Waals surface area contributed by atoms with Crippen molar-refractivity contribution in [3.63, 3.8) is 0 Å². The van der Waals surface area contributed by atoms with Crippen LogP contribution in [0.15, 0.2) is 47.5 Å². The number of ether oxygens (including phenoxy) is 1. The highest BCUT2D eigenvalue weighted by atomic mass is 32.2.